The van der Waals surface area contributed by atoms with Gasteiger partial charge in [-0.3, -0.25) is 0 Å². The fourth-order valence-electron chi connectivity index (χ4n) is 4.21. The van der Waals surface area contributed by atoms with Crippen molar-refractivity contribution in [3.8, 4) is 11.5 Å². The maximum absolute atomic E-state index is 14.9. The Morgan fingerprint density at radius 1 is 0.909 bits per heavy atom. The van der Waals surface area contributed by atoms with E-state index < -0.39 is 17.6 Å². The minimum absolute atomic E-state index is 0. The lowest BCUT2D eigenvalue weighted by Gasteiger charge is -2.25. The first-order chi connectivity index (χ1) is 15.2. The molecule has 0 saturated carbocycles. The third-order valence-electron chi connectivity index (χ3n) is 5.64. The number of halogens is 5. The van der Waals surface area contributed by atoms with E-state index in [9.17, 15) is 17.6 Å². The summed E-state index contributed by atoms with van der Waals surface area (Å²) in [5.41, 5.74) is 1.90. The van der Waals surface area contributed by atoms with Gasteiger partial charge in [0.2, 0.25) is 11.4 Å². The summed E-state index contributed by atoms with van der Waals surface area (Å²) in [6.45, 7) is 1.92. The van der Waals surface area contributed by atoms with Crippen LogP contribution in [0.5, 0.6) is 11.5 Å². The number of para-hydroxylation sites is 1. The number of benzene rings is 3. The van der Waals surface area contributed by atoms with Gasteiger partial charge in [-0.1, -0.05) is 18.2 Å². The predicted molar refractivity (Wildman–Crippen MR) is 114 cm³/mol. The lowest BCUT2D eigenvalue weighted by Crippen LogP contribution is -3.00. The number of alkyl halides is 3. The van der Waals surface area contributed by atoms with Crippen LogP contribution in [0.4, 0.5) is 23.2 Å². The van der Waals surface area contributed by atoms with Gasteiger partial charge < -0.3 is 21.9 Å². The first-order valence-electron chi connectivity index (χ1n) is 10.1. The fourth-order valence-corrected chi connectivity index (χ4v) is 4.21. The molecule has 3 aromatic rings. The summed E-state index contributed by atoms with van der Waals surface area (Å²) in [6, 6.07) is 14.7. The van der Waals surface area contributed by atoms with E-state index in [0.29, 0.717) is 40.4 Å². The first kappa shape index (κ1) is 24.6. The number of rotatable bonds is 4. The average molecular weight is 480 g/mol. The summed E-state index contributed by atoms with van der Waals surface area (Å²) < 4.78 is 68.0. The van der Waals surface area contributed by atoms with E-state index in [2.05, 4.69) is 0 Å². The van der Waals surface area contributed by atoms with Crippen LogP contribution < -0.4 is 21.9 Å². The molecule has 0 fully saturated rings. The molecule has 0 aliphatic carbocycles. The molecular weight excluding hydrogens is 458 g/mol. The quantitative estimate of drug-likeness (QED) is 0.424. The number of nitrogens with zero attached hydrogens (tertiary/aromatic N) is 1. The molecule has 1 unspecified atom stereocenters. The molecule has 4 rings (SSSR count). The second kappa shape index (κ2) is 9.43. The van der Waals surface area contributed by atoms with Crippen molar-refractivity contribution >= 4 is 11.4 Å². The van der Waals surface area contributed by atoms with Crippen LogP contribution in [0.1, 0.15) is 29.2 Å². The van der Waals surface area contributed by atoms with Crippen LogP contribution in [0.15, 0.2) is 60.7 Å². The number of hydrogen-bond donors (Lipinski definition) is 0. The van der Waals surface area contributed by atoms with Crippen LogP contribution in [0.2, 0.25) is 0 Å². The van der Waals surface area contributed by atoms with Crippen LogP contribution in [-0.2, 0) is 12.6 Å². The molecule has 1 heterocycles. The average Bonchev–Trinajstić information content (AvgIpc) is 2.77. The molecule has 8 heteroatoms. The second-order valence-electron chi connectivity index (χ2n) is 7.67. The van der Waals surface area contributed by atoms with Gasteiger partial charge in [0.25, 0.3) is 0 Å². The molecule has 3 aromatic carbocycles. The van der Waals surface area contributed by atoms with Crippen LogP contribution in [0, 0.1) is 5.82 Å². The van der Waals surface area contributed by atoms with E-state index in [-0.39, 0.29) is 18.4 Å². The van der Waals surface area contributed by atoms with E-state index in [1.165, 1.54) is 26.4 Å². The van der Waals surface area contributed by atoms with Crippen molar-refractivity contribution in [2.75, 3.05) is 14.2 Å². The van der Waals surface area contributed by atoms with Crippen molar-refractivity contribution in [3.05, 3.63) is 88.7 Å². The molecule has 0 amide bonds. The molecule has 1 aliphatic heterocycles. The second-order valence-corrected chi connectivity index (χ2v) is 7.67. The van der Waals surface area contributed by atoms with Crippen LogP contribution in [0.3, 0.4) is 0 Å². The Hall–Kier alpha value is -3.06. The van der Waals surface area contributed by atoms with Crippen molar-refractivity contribution in [2.24, 2.45) is 0 Å². The zero-order valence-corrected chi connectivity index (χ0v) is 19.0. The first-order valence-corrected chi connectivity index (χ1v) is 10.1. The van der Waals surface area contributed by atoms with E-state index in [1.807, 2.05) is 13.0 Å². The molecular formula is C25H22ClF4NO2. The van der Waals surface area contributed by atoms with E-state index in [4.69, 9.17) is 9.47 Å². The van der Waals surface area contributed by atoms with Crippen molar-refractivity contribution in [1.29, 1.82) is 0 Å². The Balaban J connectivity index is 0.00000306. The summed E-state index contributed by atoms with van der Waals surface area (Å²) >= 11 is 0. The highest BCUT2D eigenvalue weighted by molar-refractivity contribution is 6.12. The Morgan fingerprint density at radius 3 is 2.21 bits per heavy atom. The third kappa shape index (κ3) is 4.55. The van der Waals surface area contributed by atoms with Gasteiger partial charge in [0.15, 0.2) is 23.4 Å². The molecule has 0 radical (unpaired) electrons. The lowest BCUT2D eigenvalue weighted by molar-refractivity contribution is -0.483. The standard InChI is InChI=1S/C25H22F4NO2.ClH/c1-15-11-17-13-22(31-2)23(32-3)14-19(17)24(30(15)21-10-5-4-9-20(21)26)16-7-6-8-18(12-16)25(27,28)29;/h4-10,12-15H,11H2,1-3H3;1H/q+1;/p-1. The van der Waals surface area contributed by atoms with Gasteiger partial charge in [0, 0.05) is 18.1 Å². The normalized spacial score (nSPS) is 15.5. The number of fused-ring (bicyclic) bond motifs is 1. The Labute approximate surface area is 195 Å². The maximum atomic E-state index is 14.9. The van der Waals surface area contributed by atoms with Crippen molar-refractivity contribution in [1.82, 2.24) is 0 Å². The van der Waals surface area contributed by atoms with E-state index in [0.717, 1.165) is 17.7 Å². The van der Waals surface area contributed by atoms with E-state index >= 15 is 0 Å². The van der Waals surface area contributed by atoms with E-state index in [1.54, 1.807) is 34.9 Å². The van der Waals surface area contributed by atoms with Gasteiger partial charge in [-0.25, -0.2) is 0 Å². The van der Waals surface area contributed by atoms with Crippen molar-refractivity contribution < 1.29 is 44.0 Å². The largest absolute Gasteiger partial charge is 1.00 e. The van der Waals surface area contributed by atoms with Crippen LogP contribution in [0.25, 0.3) is 0 Å². The lowest BCUT2D eigenvalue weighted by atomic mass is 9.88. The van der Waals surface area contributed by atoms with Crippen LogP contribution >= 0.6 is 0 Å². The maximum Gasteiger partial charge on any atom is 0.416 e. The molecule has 0 saturated heterocycles. The summed E-state index contributed by atoms with van der Waals surface area (Å²) in [6.07, 6.45) is -3.95. The van der Waals surface area contributed by atoms with Gasteiger partial charge in [-0.05, 0) is 48.9 Å². The predicted octanol–water partition coefficient (Wildman–Crippen LogP) is 2.99. The number of hydrogen-bond acceptors (Lipinski definition) is 2. The molecule has 3 nitrogen and oxygen atoms in total. The van der Waals surface area contributed by atoms with Crippen LogP contribution in [-0.4, -0.2) is 30.5 Å². The molecule has 1 atom stereocenters. The van der Waals surface area contributed by atoms with Gasteiger partial charge in [-0.2, -0.15) is 22.1 Å². The van der Waals surface area contributed by atoms with Crippen molar-refractivity contribution in [3.63, 3.8) is 0 Å². The van der Waals surface area contributed by atoms with Gasteiger partial charge >= 0.3 is 6.18 Å². The topological polar surface area (TPSA) is 21.5 Å². The minimum atomic E-state index is -4.50. The SMILES string of the molecule is COc1cc2c(cc1OC)C(c1cccc(C(F)(F)F)c1)=[N+](c1ccccc1F)C(C)C2.[Cl-]. The Kier molecular flexibility index (Phi) is 7.03. The summed E-state index contributed by atoms with van der Waals surface area (Å²) in [5, 5.41) is 0. The van der Waals surface area contributed by atoms with Gasteiger partial charge in [-0.15, -0.1) is 0 Å². The molecule has 0 bridgehead atoms. The molecule has 174 valence electrons. The zero-order chi connectivity index (χ0) is 23.0. The Morgan fingerprint density at radius 2 is 1.58 bits per heavy atom. The smallest absolute Gasteiger partial charge is 0.416 e. The monoisotopic (exact) mass is 479 g/mol. The minimum Gasteiger partial charge on any atom is -1.00 e. The fraction of sp³-hybridized carbons (Fsp3) is 0.240. The Bertz CT molecular complexity index is 1210. The molecule has 0 aromatic heterocycles. The van der Waals surface area contributed by atoms with Gasteiger partial charge in [0.1, 0.15) is 0 Å². The summed E-state index contributed by atoms with van der Waals surface area (Å²) in [5.74, 6) is 0.521. The summed E-state index contributed by atoms with van der Waals surface area (Å²) in [7, 11) is 3.02. The third-order valence-corrected chi connectivity index (χ3v) is 5.64. The molecule has 0 spiro atoms. The van der Waals surface area contributed by atoms with Gasteiger partial charge in [0.05, 0.1) is 25.3 Å². The molecule has 0 N–H and O–H groups in total. The number of ether oxygens (including phenoxy) is 2. The number of methoxy groups -OCH3 is 2. The highest BCUT2D eigenvalue weighted by Crippen LogP contribution is 2.38. The highest BCUT2D eigenvalue weighted by Gasteiger charge is 2.38. The summed E-state index contributed by atoms with van der Waals surface area (Å²) in [4.78, 5) is 0. The highest BCUT2D eigenvalue weighted by atomic mass is 35.5. The molecule has 33 heavy (non-hydrogen) atoms. The van der Waals surface area contributed by atoms with Crippen molar-refractivity contribution in [2.45, 2.75) is 25.6 Å². The zero-order valence-electron chi connectivity index (χ0n) is 18.2. The molecule has 1 aliphatic rings.